The first-order valence-electron chi connectivity index (χ1n) is 12.0. The molecular weight excluding hydrogens is 492 g/mol. The molecule has 37 heavy (non-hydrogen) atoms. The summed E-state index contributed by atoms with van der Waals surface area (Å²) >= 11 is 1.51. The lowest BCUT2D eigenvalue weighted by atomic mass is 10.0. The van der Waals surface area contributed by atoms with E-state index >= 15 is 0 Å². The Labute approximate surface area is 220 Å². The number of aryl methyl sites for hydroxylation is 1. The third-order valence-electron chi connectivity index (χ3n) is 5.48. The monoisotopic (exact) mass is 524 g/mol. The smallest absolute Gasteiger partial charge is 0.425 e. The van der Waals surface area contributed by atoms with Crippen LogP contribution < -0.4 is 5.43 Å². The maximum Gasteiger partial charge on any atom is 0.425 e. The minimum absolute atomic E-state index is 0.00514. The summed E-state index contributed by atoms with van der Waals surface area (Å²) in [5.41, 5.74) is 4.85. The number of non-ortho nitro benzene ring substituents is 1. The van der Waals surface area contributed by atoms with E-state index in [2.05, 4.69) is 5.43 Å². The molecular formula is C27H32N4O5S. The third kappa shape index (κ3) is 8.19. The predicted molar refractivity (Wildman–Crippen MR) is 142 cm³/mol. The van der Waals surface area contributed by atoms with Crippen LogP contribution >= 0.6 is 11.3 Å². The normalized spacial score (nSPS) is 13.0. The average Bonchev–Trinajstić information content (AvgIpc) is 3.34. The second-order valence-electron chi connectivity index (χ2n) is 9.57. The molecule has 9 nitrogen and oxygen atoms in total. The zero-order chi connectivity index (χ0) is 27.0. The van der Waals surface area contributed by atoms with Gasteiger partial charge < -0.3 is 9.53 Å². The Morgan fingerprint density at radius 1 is 1.14 bits per heavy atom. The highest BCUT2D eigenvalue weighted by Gasteiger charge is 2.32. The molecule has 196 valence electrons. The van der Waals surface area contributed by atoms with Gasteiger partial charge in [0.15, 0.2) is 0 Å². The molecule has 0 unspecified atom stereocenters. The fraction of sp³-hybridized carbons (Fsp3) is 0.370. The molecule has 1 aromatic heterocycles. The summed E-state index contributed by atoms with van der Waals surface area (Å²) in [6.07, 6.45) is 1.47. The maximum atomic E-state index is 13.3. The van der Waals surface area contributed by atoms with Gasteiger partial charge in [0.25, 0.3) is 5.69 Å². The van der Waals surface area contributed by atoms with E-state index in [9.17, 15) is 19.7 Å². The van der Waals surface area contributed by atoms with Gasteiger partial charge in [-0.05, 0) is 44.7 Å². The number of nitro benzene ring substituents is 1. The Balaban J connectivity index is 1.96. The summed E-state index contributed by atoms with van der Waals surface area (Å²) < 4.78 is 5.65. The van der Waals surface area contributed by atoms with Crippen LogP contribution in [0.4, 0.5) is 10.5 Å². The van der Waals surface area contributed by atoms with Crippen molar-refractivity contribution in [2.45, 2.75) is 64.6 Å². The molecule has 1 N–H and O–H groups in total. The highest BCUT2D eigenvalue weighted by atomic mass is 32.1. The quantitative estimate of drug-likeness (QED) is 0.201. The van der Waals surface area contributed by atoms with E-state index in [-0.39, 0.29) is 12.1 Å². The Morgan fingerprint density at radius 3 is 2.32 bits per heavy atom. The van der Waals surface area contributed by atoms with Crippen LogP contribution in [0.1, 0.15) is 55.6 Å². The minimum Gasteiger partial charge on any atom is -0.443 e. The maximum absolute atomic E-state index is 13.3. The fourth-order valence-corrected chi connectivity index (χ4v) is 4.47. The van der Waals surface area contributed by atoms with E-state index in [1.54, 1.807) is 32.9 Å². The topological polar surface area (TPSA) is 115 Å². The lowest BCUT2D eigenvalue weighted by Crippen LogP contribution is -2.54. The van der Waals surface area contributed by atoms with Gasteiger partial charge in [0.2, 0.25) is 0 Å². The number of carbonyl (C=O) groups excluding carboxylic acids is 2. The molecule has 10 heteroatoms. The van der Waals surface area contributed by atoms with E-state index in [4.69, 9.17) is 9.72 Å². The number of hydrogen-bond acceptors (Lipinski definition) is 8. The van der Waals surface area contributed by atoms with Crippen LogP contribution in [0.25, 0.3) is 0 Å². The standard InChI is InChI=1S/C27H32N4O5S/c1-5-25-28-24(18-37-25)23(16-20-11-13-21(14-12-20)31(34)35)29-30(26(33)36-27(2,3)4)22(17-32)15-19-9-7-6-8-10-19/h6-14,17-18,22-23,29H,5,15-16H2,1-4H3/t22-,23-/m0/s1. The second kappa shape index (κ2) is 12.6. The number of thiazole rings is 1. The summed E-state index contributed by atoms with van der Waals surface area (Å²) in [5.74, 6) is 0. The number of hydrazine groups is 1. The number of benzene rings is 2. The zero-order valence-corrected chi connectivity index (χ0v) is 22.2. The largest absolute Gasteiger partial charge is 0.443 e. The molecule has 0 aliphatic heterocycles. The van der Waals surface area contributed by atoms with Crippen LogP contribution in [0.2, 0.25) is 0 Å². The van der Waals surface area contributed by atoms with E-state index in [1.807, 2.05) is 42.6 Å². The van der Waals surface area contributed by atoms with Gasteiger partial charge in [0.1, 0.15) is 17.9 Å². The first kappa shape index (κ1) is 27.9. The summed E-state index contributed by atoms with van der Waals surface area (Å²) in [6.45, 7) is 7.30. The number of aromatic nitrogens is 1. The van der Waals surface area contributed by atoms with Gasteiger partial charge in [-0.3, -0.25) is 10.1 Å². The Kier molecular flexibility index (Phi) is 9.48. The molecule has 0 aliphatic rings. The second-order valence-corrected chi connectivity index (χ2v) is 10.5. The summed E-state index contributed by atoms with van der Waals surface area (Å²) in [6, 6.07) is 14.3. The zero-order valence-electron chi connectivity index (χ0n) is 21.4. The number of nitrogens with zero attached hydrogens (tertiary/aromatic N) is 3. The summed E-state index contributed by atoms with van der Waals surface area (Å²) in [5, 5.41) is 15.2. The molecule has 3 aromatic rings. The van der Waals surface area contributed by atoms with Crippen LogP contribution in [0.3, 0.4) is 0 Å². The lowest BCUT2D eigenvalue weighted by molar-refractivity contribution is -0.384. The molecule has 0 bridgehead atoms. The van der Waals surface area contributed by atoms with E-state index < -0.39 is 28.7 Å². The van der Waals surface area contributed by atoms with Crippen molar-refractivity contribution in [2.75, 3.05) is 0 Å². The first-order valence-corrected chi connectivity index (χ1v) is 12.9. The number of nitro groups is 1. The van der Waals surface area contributed by atoms with Gasteiger partial charge in [-0.1, -0.05) is 49.4 Å². The molecule has 1 heterocycles. The van der Waals surface area contributed by atoms with Crippen molar-refractivity contribution < 1.29 is 19.2 Å². The molecule has 2 aromatic carbocycles. The number of aldehydes is 1. The van der Waals surface area contributed by atoms with Gasteiger partial charge in [0.05, 0.1) is 21.7 Å². The molecule has 0 saturated carbocycles. The molecule has 0 spiro atoms. The minimum atomic E-state index is -0.846. The van der Waals surface area contributed by atoms with Crippen molar-refractivity contribution in [1.29, 1.82) is 0 Å². The number of carbonyl (C=O) groups is 2. The summed E-state index contributed by atoms with van der Waals surface area (Å²) in [7, 11) is 0. The molecule has 1 amide bonds. The number of hydrogen-bond donors (Lipinski definition) is 1. The van der Waals surface area contributed by atoms with Crippen molar-refractivity contribution in [2.24, 2.45) is 0 Å². The fourth-order valence-electron chi connectivity index (χ4n) is 3.67. The van der Waals surface area contributed by atoms with Gasteiger partial charge in [0, 0.05) is 23.9 Å². The van der Waals surface area contributed by atoms with Crippen LogP contribution in [0, 0.1) is 10.1 Å². The van der Waals surface area contributed by atoms with Crippen molar-refractivity contribution in [3.8, 4) is 0 Å². The Hall–Kier alpha value is -3.63. The van der Waals surface area contributed by atoms with Crippen molar-refractivity contribution in [1.82, 2.24) is 15.4 Å². The van der Waals surface area contributed by atoms with Crippen molar-refractivity contribution >= 4 is 29.4 Å². The molecule has 3 rings (SSSR count). The number of amides is 1. The molecule has 0 fully saturated rings. The Bertz CT molecular complexity index is 1190. The molecule has 2 atom stereocenters. The third-order valence-corrected chi connectivity index (χ3v) is 6.49. The predicted octanol–water partition coefficient (Wildman–Crippen LogP) is 5.45. The van der Waals surface area contributed by atoms with Gasteiger partial charge in [-0.25, -0.2) is 20.2 Å². The van der Waals surface area contributed by atoms with E-state index in [1.165, 1.54) is 28.5 Å². The van der Waals surface area contributed by atoms with Gasteiger partial charge in [-0.15, -0.1) is 11.3 Å². The van der Waals surface area contributed by atoms with Crippen molar-refractivity contribution in [3.63, 3.8) is 0 Å². The van der Waals surface area contributed by atoms with Crippen LogP contribution in [0.15, 0.2) is 60.0 Å². The van der Waals surface area contributed by atoms with Crippen LogP contribution in [-0.4, -0.2) is 38.9 Å². The average molecular weight is 525 g/mol. The first-order chi connectivity index (χ1) is 17.6. The van der Waals surface area contributed by atoms with Crippen LogP contribution in [-0.2, 0) is 28.8 Å². The van der Waals surface area contributed by atoms with E-state index in [0.717, 1.165) is 28.8 Å². The Morgan fingerprint density at radius 2 is 1.78 bits per heavy atom. The number of ether oxygens (including phenoxy) is 1. The number of nitrogens with one attached hydrogen (secondary N) is 1. The lowest BCUT2D eigenvalue weighted by Gasteiger charge is -2.34. The van der Waals surface area contributed by atoms with E-state index in [0.29, 0.717) is 12.1 Å². The number of rotatable bonds is 11. The van der Waals surface area contributed by atoms with Crippen molar-refractivity contribution in [3.05, 3.63) is 91.9 Å². The molecule has 0 aliphatic carbocycles. The molecule has 0 radical (unpaired) electrons. The molecule has 0 saturated heterocycles. The van der Waals surface area contributed by atoms with Gasteiger partial charge >= 0.3 is 6.09 Å². The highest BCUT2D eigenvalue weighted by molar-refractivity contribution is 7.09. The SMILES string of the molecule is CCc1nc([C@H](Cc2ccc([N+](=O)[O-])cc2)NN(C(=O)OC(C)(C)C)[C@H](C=O)Cc2ccccc2)cs1. The van der Waals surface area contributed by atoms with Gasteiger partial charge in [-0.2, -0.15) is 0 Å². The highest BCUT2D eigenvalue weighted by Crippen LogP contribution is 2.25. The van der Waals surface area contributed by atoms with Crippen LogP contribution in [0.5, 0.6) is 0 Å². The summed E-state index contributed by atoms with van der Waals surface area (Å²) in [4.78, 5) is 41.0.